The first-order chi connectivity index (χ1) is 13.6. The third-order valence-corrected chi connectivity index (χ3v) is 4.56. The van der Waals surface area contributed by atoms with Gasteiger partial charge in [0.15, 0.2) is 0 Å². The predicted molar refractivity (Wildman–Crippen MR) is 101 cm³/mol. The molecule has 2 aromatic carbocycles. The quantitative estimate of drug-likeness (QED) is 0.480. The first kappa shape index (κ1) is 18.0. The fourth-order valence-corrected chi connectivity index (χ4v) is 3.07. The predicted octanol–water partition coefficient (Wildman–Crippen LogP) is 3.44. The second kappa shape index (κ2) is 7.69. The lowest BCUT2D eigenvalue weighted by molar-refractivity contribution is -0.389. The molecule has 0 saturated heterocycles. The Kier molecular flexibility index (Phi) is 4.94. The minimum Gasteiger partial charge on any atom is -0.497 e. The molecule has 1 atom stereocenters. The number of hydrogen-bond donors (Lipinski definition) is 0. The van der Waals surface area contributed by atoms with Gasteiger partial charge in [-0.2, -0.15) is 0 Å². The number of imidazole rings is 1. The van der Waals surface area contributed by atoms with E-state index in [0.717, 1.165) is 22.4 Å². The van der Waals surface area contributed by atoms with Crippen LogP contribution in [0.25, 0.3) is 11.1 Å². The van der Waals surface area contributed by atoms with Crippen LogP contribution in [0.1, 0.15) is 5.56 Å². The molecule has 0 aliphatic carbocycles. The largest absolute Gasteiger partial charge is 0.497 e. The Balaban J connectivity index is 1.37. The summed E-state index contributed by atoms with van der Waals surface area (Å²) in [5.41, 5.74) is 3.22. The third kappa shape index (κ3) is 3.81. The zero-order chi connectivity index (χ0) is 19.5. The van der Waals surface area contributed by atoms with E-state index in [9.17, 15) is 10.1 Å². The van der Waals surface area contributed by atoms with Crippen molar-refractivity contribution in [2.24, 2.45) is 0 Å². The van der Waals surface area contributed by atoms with Gasteiger partial charge in [-0.25, -0.2) is 0 Å². The normalized spacial score (nSPS) is 15.5. The van der Waals surface area contributed by atoms with Crippen molar-refractivity contribution in [2.45, 2.75) is 19.3 Å². The standard InChI is InChI=1S/C20H19N3O5/c1-26-17-4-2-3-16(9-17)15-7-5-14(6-8-15)12-27-18-10-22-11-19(23(24)25)21-20(22)28-13-18/h2-9,11,18H,10,12-13H2,1H3/t18-/m0/s1. The molecule has 3 aromatic rings. The van der Waals surface area contributed by atoms with E-state index in [1.54, 1.807) is 11.7 Å². The highest BCUT2D eigenvalue weighted by Gasteiger charge is 2.28. The summed E-state index contributed by atoms with van der Waals surface area (Å²) < 4.78 is 18.3. The van der Waals surface area contributed by atoms with Crippen molar-refractivity contribution >= 4 is 5.82 Å². The lowest BCUT2D eigenvalue weighted by atomic mass is 10.0. The van der Waals surface area contributed by atoms with E-state index in [4.69, 9.17) is 14.2 Å². The molecule has 0 radical (unpaired) electrons. The summed E-state index contributed by atoms with van der Waals surface area (Å²) in [5, 5.41) is 10.8. The van der Waals surface area contributed by atoms with Crippen LogP contribution in [0.2, 0.25) is 0 Å². The van der Waals surface area contributed by atoms with Gasteiger partial charge in [0.05, 0.1) is 20.3 Å². The van der Waals surface area contributed by atoms with Crippen molar-refractivity contribution in [3.63, 3.8) is 0 Å². The maximum Gasteiger partial charge on any atom is 0.414 e. The number of nitro groups is 1. The number of aromatic nitrogens is 2. The Bertz CT molecular complexity index is 984. The van der Waals surface area contributed by atoms with Crippen molar-refractivity contribution in [3.8, 4) is 22.9 Å². The minimum absolute atomic E-state index is 0.195. The van der Waals surface area contributed by atoms with Gasteiger partial charge in [0.1, 0.15) is 24.7 Å². The van der Waals surface area contributed by atoms with Crippen LogP contribution in [0.4, 0.5) is 5.82 Å². The lowest BCUT2D eigenvalue weighted by Crippen LogP contribution is -2.32. The van der Waals surface area contributed by atoms with E-state index in [-0.39, 0.29) is 17.9 Å². The number of nitrogens with zero attached hydrogens (tertiary/aromatic N) is 3. The van der Waals surface area contributed by atoms with Crippen LogP contribution in [-0.4, -0.2) is 34.3 Å². The molecule has 0 N–H and O–H groups in total. The van der Waals surface area contributed by atoms with Crippen LogP contribution >= 0.6 is 0 Å². The molecule has 2 heterocycles. The molecular weight excluding hydrogens is 362 g/mol. The van der Waals surface area contributed by atoms with Crippen LogP contribution in [-0.2, 0) is 17.9 Å². The number of hydrogen-bond acceptors (Lipinski definition) is 6. The molecule has 0 unspecified atom stereocenters. The average molecular weight is 381 g/mol. The van der Waals surface area contributed by atoms with Gasteiger partial charge in [-0.05, 0) is 33.7 Å². The fraction of sp³-hybridized carbons (Fsp3) is 0.250. The monoisotopic (exact) mass is 381 g/mol. The minimum atomic E-state index is -0.533. The number of rotatable bonds is 6. The number of benzene rings is 2. The summed E-state index contributed by atoms with van der Waals surface area (Å²) in [7, 11) is 1.65. The van der Waals surface area contributed by atoms with Crippen molar-refractivity contribution < 1.29 is 19.1 Å². The molecular formula is C20H19N3O5. The Labute approximate surface area is 161 Å². The van der Waals surface area contributed by atoms with Gasteiger partial charge in [0.25, 0.3) is 0 Å². The zero-order valence-corrected chi connectivity index (χ0v) is 15.3. The van der Waals surface area contributed by atoms with Crippen LogP contribution in [0.3, 0.4) is 0 Å². The number of ether oxygens (including phenoxy) is 3. The molecule has 0 amide bonds. The Morgan fingerprint density at radius 1 is 1.25 bits per heavy atom. The highest BCUT2D eigenvalue weighted by Crippen LogP contribution is 2.25. The first-order valence-corrected chi connectivity index (χ1v) is 8.82. The highest BCUT2D eigenvalue weighted by molar-refractivity contribution is 5.65. The van der Waals surface area contributed by atoms with Crippen molar-refractivity contribution in [1.29, 1.82) is 0 Å². The molecule has 0 saturated carbocycles. The number of fused-ring (bicyclic) bond motifs is 1. The van der Waals surface area contributed by atoms with Crippen molar-refractivity contribution in [2.75, 3.05) is 13.7 Å². The van der Waals surface area contributed by atoms with E-state index in [0.29, 0.717) is 19.8 Å². The molecule has 8 nitrogen and oxygen atoms in total. The Morgan fingerprint density at radius 3 is 2.82 bits per heavy atom. The Morgan fingerprint density at radius 2 is 2.07 bits per heavy atom. The lowest BCUT2D eigenvalue weighted by Gasteiger charge is -2.22. The molecule has 0 bridgehead atoms. The van der Waals surface area contributed by atoms with E-state index in [2.05, 4.69) is 4.98 Å². The SMILES string of the molecule is COc1cccc(-c2ccc(CO[C@@H]3COc4nc([N+](=O)[O-])cn4C3)cc2)c1. The molecule has 1 aliphatic heterocycles. The first-order valence-electron chi connectivity index (χ1n) is 8.82. The van der Waals surface area contributed by atoms with Crippen molar-refractivity contribution in [1.82, 2.24) is 9.55 Å². The maximum atomic E-state index is 10.8. The summed E-state index contributed by atoms with van der Waals surface area (Å²) in [6.07, 6.45) is 1.17. The van der Waals surface area contributed by atoms with Crippen LogP contribution < -0.4 is 9.47 Å². The van der Waals surface area contributed by atoms with E-state index >= 15 is 0 Å². The van der Waals surface area contributed by atoms with Gasteiger partial charge in [-0.1, -0.05) is 36.4 Å². The van der Waals surface area contributed by atoms with E-state index < -0.39 is 4.92 Å². The summed E-state index contributed by atoms with van der Waals surface area (Å²) >= 11 is 0. The van der Waals surface area contributed by atoms with E-state index in [1.807, 2.05) is 48.5 Å². The third-order valence-electron chi connectivity index (χ3n) is 4.56. The van der Waals surface area contributed by atoms with Crippen LogP contribution in [0, 0.1) is 10.1 Å². The van der Waals surface area contributed by atoms with E-state index in [1.165, 1.54) is 6.20 Å². The van der Waals surface area contributed by atoms with Crippen LogP contribution in [0.15, 0.2) is 54.7 Å². The Hall–Kier alpha value is -3.39. The van der Waals surface area contributed by atoms with Crippen molar-refractivity contribution in [3.05, 3.63) is 70.4 Å². The van der Waals surface area contributed by atoms with Gasteiger partial charge in [-0.15, -0.1) is 0 Å². The van der Waals surface area contributed by atoms with Gasteiger partial charge in [0, 0.05) is 4.98 Å². The van der Waals surface area contributed by atoms with Gasteiger partial charge < -0.3 is 24.3 Å². The summed E-state index contributed by atoms with van der Waals surface area (Å²) in [5.74, 6) is 0.602. The van der Waals surface area contributed by atoms with Gasteiger partial charge in [0.2, 0.25) is 0 Å². The molecule has 8 heteroatoms. The molecule has 144 valence electrons. The maximum absolute atomic E-state index is 10.8. The van der Waals surface area contributed by atoms with Crippen LogP contribution in [0.5, 0.6) is 11.8 Å². The summed E-state index contributed by atoms with van der Waals surface area (Å²) in [6, 6.07) is 16.3. The second-order valence-electron chi connectivity index (χ2n) is 6.46. The second-order valence-corrected chi connectivity index (χ2v) is 6.46. The zero-order valence-electron chi connectivity index (χ0n) is 15.3. The molecule has 0 fully saturated rings. The smallest absolute Gasteiger partial charge is 0.414 e. The number of methoxy groups -OCH3 is 1. The molecule has 0 spiro atoms. The summed E-state index contributed by atoms with van der Waals surface area (Å²) in [6.45, 7) is 1.21. The topological polar surface area (TPSA) is 88.7 Å². The molecule has 1 aliphatic rings. The summed E-state index contributed by atoms with van der Waals surface area (Å²) in [4.78, 5) is 14.1. The fourth-order valence-electron chi connectivity index (χ4n) is 3.07. The average Bonchev–Trinajstić information content (AvgIpc) is 3.16. The van der Waals surface area contributed by atoms with Gasteiger partial charge in [-0.3, -0.25) is 4.57 Å². The highest BCUT2D eigenvalue weighted by atomic mass is 16.6. The molecule has 1 aromatic heterocycles. The molecule has 4 rings (SSSR count). The van der Waals surface area contributed by atoms with Gasteiger partial charge >= 0.3 is 11.8 Å². The molecule has 28 heavy (non-hydrogen) atoms.